The minimum atomic E-state index is -1.04. The van der Waals surface area contributed by atoms with E-state index < -0.39 is 47.1 Å². The summed E-state index contributed by atoms with van der Waals surface area (Å²) in [5, 5.41) is 12.2. The summed E-state index contributed by atoms with van der Waals surface area (Å²) in [6.45, 7) is 10.4. The highest BCUT2D eigenvalue weighted by Crippen LogP contribution is 2.46. The number of hydrogen-bond donors (Lipinski definition) is 2. The second kappa shape index (κ2) is 8.64. The van der Waals surface area contributed by atoms with Crippen LogP contribution in [0, 0.1) is 5.41 Å². The Morgan fingerprint density at radius 1 is 1.33 bits per heavy atom. The number of carboxylic acids is 1. The third kappa shape index (κ3) is 5.19. The Bertz CT molecular complexity index is 720. The van der Waals surface area contributed by atoms with Gasteiger partial charge < -0.3 is 20.1 Å². The van der Waals surface area contributed by atoms with Crippen LogP contribution in [-0.2, 0) is 19.1 Å². The maximum atomic E-state index is 13.2. The number of fused-ring (bicyclic) bond motifs is 1. The topological polar surface area (TPSA) is 116 Å². The maximum absolute atomic E-state index is 13.2. The van der Waals surface area contributed by atoms with Gasteiger partial charge in [-0.2, -0.15) is 0 Å². The zero-order valence-electron chi connectivity index (χ0n) is 18.7. The number of hydrogen-bond acceptors (Lipinski definition) is 6. The van der Waals surface area contributed by atoms with Crippen molar-refractivity contribution in [2.45, 2.75) is 83.5 Å². The zero-order chi connectivity index (χ0) is 23.0. The molecule has 170 valence electrons. The summed E-state index contributed by atoms with van der Waals surface area (Å²) in [7, 11) is 1.46. The minimum Gasteiger partial charge on any atom is -0.480 e. The molecule has 2 heterocycles. The van der Waals surface area contributed by atoms with Crippen molar-refractivity contribution in [2.75, 3.05) is 12.8 Å². The number of carbonyl (C=O) groups is 4. The van der Waals surface area contributed by atoms with Crippen molar-refractivity contribution in [3.63, 3.8) is 0 Å². The largest absolute Gasteiger partial charge is 0.480 e. The van der Waals surface area contributed by atoms with Crippen molar-refractivity contribution >= 4 is 35.6 Å². The van der Waals surface area contributed by atoms with Gasteiger partial charge in [0.15, 0.2) is 0 Å². The quantitative estimate of drug-likeness (QED) is 0.682. The molecule has 0 bridgehead atoms. The van der Waals surface area contributed by atoms with Crippen molar-refractivity contribution in [1.82, 2.24) is 15.1 Å². The van der Waals surface area contributed by atoms with E-state index >= 15 is 0 Å². The average Bonchev–Trinajstić information content (AvgIpc) is 2.79. The first kappa shape index (κ1) is 24.3. The van der Waals surface area contributed by atoms with E-state index in [4.69, 9.17) is 4.74 Å². The van der Waals surface area contributed by atoms with Crippen LogP contribution in [0.15, 0.2) is 0 Å². The van der Waals surface area contributed by atoms with Crippen LogP contribution < -0.4 is 5.32 Å². The summed E-state index contributed by atoms with van der Waals surface area (Å²) >= 11 is 1.54. The fourth-order valence-electron chi connectivity index (χ4n) is 3.78. The van der Waals surface area contributed by atoms with E-state index in [1.54, 1.807) is 39.5 Å². The van der Waals surface area contributed by atoms with Gasteiger partial charge >= 0.3 is 12.1 Å². The van der Waals surface area contributed by atoms with Crippen LogP contribution in [0.3, 0.4) is 0 Å². The molecular formula is C20H33N3O6S. The summed E-state index contributed by atoms with van der Waals surface area (Å²) in [5.74, 6) is -1.29. The first-order valence-corrected chi connectivity index (χ1v) is 11.1. The van der Waals surface area contributed by atoms with Crippen LogP contribution in [0.5, 0.6) is 0 Å². The first-order valence-electron chi connectivity index (χ1n) is 10.1. The number of amides is 3. The molecule has 9 nitrogen and oxygen atoms in total. The van der Waals surface area contributed by atoms with E-state index in [1.165, 1.54) is 16.8 Å². The molecule has 10 heteroatoms. The summed E-state index contributed by atoms with van der Waals surface area (Å²) in [6.07, 6.45) is 0.344. The Kier molecular flexibility index (Phi) is 7.00. The van der Waals surface area contributed by atoms with Gasteiger partial charge in [0.2, 0.25) is 11.8 Å². The Morgan fingerprint density at radius 3 is 2.47 bits per heavy atom. The first-order chi connectivity index (χ1) is 13.7. The molecular weight excluding hydrogens is 410 g/mol. The van der Waals surface area contributed by atoms with E-state index in [0.717, 1.165) is 0 Å². The molecule has 2 saturated heterocycles. The molecule has 2 fully saturated rings. The van der Waals surface area contributed by atoms with Crippen molar-refractivity contribution < 1.29 is 29.0 Å². The molecule has 0 radical (unpaired) electrons. The van der Waals surface area contributed by atoms with Gasteiger partial charge in [-0.15, -0.1) is 11.8 Å². The van der Waals surface area contributed by atoms with Gasteiger partial charge in [-0.25, -0.2) is 9.59 Å². The standard InChI is InChI=1S/C20H33N3O6S/c1-11(22(7)18(28)29-19(2,3)4)15(24)21-12-8-9-30-13-10-20(5,6)14(17(26)27)23(13)16(12)25/h11-14H,8-10H2,1-7H3,(H,21,24)(H,26,27)/t11-,12?,13-,14+/m0/s1. The van der Waals surface area contributed by atoms with Gasteiger partial charge in [0, 0.05) is 7.05 Å². The van der Waals surface area contributed by atoms with Gasteiger partial charge in [-0.1, -0.05) is 13.8 Å². The average molecular weight is 444 g/mol. The monoisotopic (exact) mass is 443 g/mol. The maximum Gasteiger partial charge on any atom is 0.410 e. The third-order valence-corrected chi connectivity index (χ3v) is 6.74. The van der Waals surface area contributed by atoms with Gasteiger partial charge in [0.1, 0.15) is 23.7 Å². The van der Waals surface area contributed by atoms with Crippen molar-refractivity contribution in [3.8, 4) is 0 Å². The molecule has 4 atom stereocenters. The number of aliphatic carboxylic acids is 1. The predicted molar refractivity (Wildman–Crippen MR) is 113 cm³/mol. The molecule has 2 rings (SSSR count). The molecule has 3 amide bonds. The lowest BCUT2D eigenvalue weighted by Crippen LogP contribution is -2.57. The molecule has 2 aliphatic heterocycles. The lowest BCUT2D eigenvalue weighted by Gasteiger charge is -2.32. The SMILES string of the molecule is C[C@@H](C(=O)NC1CCS[C@H]2CC(C)(C)[C@@H](C(=O)O)N2C1=O)N(C)C(=O)OC(C)(C)C. The summed E-state index contributed by atoms with van der Waals surface area (Å²) in [5.41, 5.74) is -1.26. The van der Waals surface area contributed by atoms with Crippen LogP contribution in [0.2, 0.25) is 0 Å². The van der Waals surface area contributed by atoms with E-state index in [2.05, 4.69) is 5.32 Å². The molecule has 2 aliphatic rings. The molecule has 2 N–H and O–H groups in total. The Labute approximate surface area is 181 Å². The molecule has 0 aromatic rings. The molecule has 30 heavy (non-hydrogen) atoms. The van der Waals surface area contributed by atoms with E-state index in [9.17, 15) is 24.3 Å². The highest BCUT2D eigenvalue weighted by molar-refractivity contribution is 7.99. The Balaban J connectivity index is 2.12. The number of rotatable bonds is 4. The molecule has 0 saturated carbocycles. The Morgan fingerprint density at radius 2 is 1.93 bits per heavy atom. The van der Waals surface area contributed by atoms with Crippen LogP contribution >= 0.6 is 11.8 Å². The van der Waals surface area contributed by atoms with E-state index in [-0.39, 0.29) is 11.3 Å². The molecule has 0 aromatic carbocycles. The molecule has 0 aromatic heterocycles. The lowest BCUT2D eigenvalue weighted by molar-refractivity contribution is -0.152. The van der Waals surface area contributed by atoms with Crippen molar-refractivity contribution in [2.24, 2.45) is 5.41 Å². The lowest BCUT2D eigenvalue weighted by atomic mass is 9.84. The number of nitrogens with zero attached hydrogens (tertiary/aromatic N) is 2. The van der Waals surface area contributed by atoms with Crippen LogP contribution in [-0.4, -0.2) is 80.7 Å². The van der Waals surface area contributed by atoms with Gasteiger partial charge in [-0.3, -0.25) is 14.5 Å². The number of likely N-dealkylation sites (N-methyl/N-ethyl adjacent to an activating group) is 1. The number of nitrogens with one attached hydrogen (secondary N) is 1. The van der Waals surface area contributed by atoms with Gasteiger partial charge in [0.25, 0.3) is 0 Å². The summed E-state index contributed by atoms with van der Waals surface area (Å²) in [6, 6.07) is -2.63. The fourth-order valence-corrected chi connectivity index (χ4v) is 5.36. The highest BCUT2D eigenvalue weighted by atomic mass is 32.2. The minimum absolute atomic E-state index is 0.225. The van der Waals surface area contributed by atoms with Crippen molar-refractivity contribution in [1.29, 1.82) is 0 Å². The van der Waals surface area contributed by atoms with Crippen LogP contribution in [0.1, 0.15) is 54.4 Å². The highest BCUT2D eigenvalue weighted by Gasteiger charge is 2.54. The summed E-state index contributed by atoms with van der Waals surface area (Å²) in [4.78, 5) is 52.7. The molecule has 0 spiro atoms. The number of ether oxygens (including phenoxy) is 1. The summed E-state index contributed by atoms with van der Waals surface area (Å²) < 4.78 is 5.29. The smallest absolute Gasteiger partial charge is 0.410 e. The second-order valence-corrected chi connectivity index (χ2v) is 10.9. The second-order valence-electron chi connectivity index (χ2n) is 9.62. The fraction of sp³-hybridized carbons (Fsp3) is 0.800. The zero-order valence-corrected chi connectivity index (χ0v) is 19.5. The molecule has 0 aliphatic carbocycles. The Hall–Kier alpha value is -1.97. The van der Waals surface area contributed by atoms with Crippen molar-refractivity contribution in [3.05, 3.63) is 0 Å². The normalized spacial score (nSPS) is 27.0. The predicted octanol–water partition coefficient (Wildman–Crippen LogP) is 1.90. The van der Waals surface area contributed by atoms with E-state index in [0.29, 0.717) is 18.6 Å². The van der Waals surface area contributed by atoms with Crippen LogP contribution in [0.4, 0.5) is 4.79 Å². The number of carboxylic acid groups (broad SMARTS) is 1. The van der Waals surface area contributed by atoms with Gasteiger partial charge in [0.05, 0.1) is 5.37 Å². The van der Waals surface area contributed by atoms with Crippen LogP contribution in [0.25, 0.3) is 0 Å². The number of carbonyl (C=O) groups excluding carboxylic acids is 3. The van der Waals surface area contributed by atoms with E-state index in [1.807, 2.05) is 13.8 Å². The molecule has 1 unspecified atom stereocenters. The number of thioether (sulfide) groups is 1. The third-order valence-electron chi connectivity index (χ3n) is 5.49. The van der Waals surface area contributed by atoms with Gasteiger partial charge in [-0.05, 0) is 51.7 Å².